The van der Waals surface area contributed by atoms with E-state index in [2.05, 4.69) is 20.0 Å². The second-order valence-corrected chi connectivity index (χ2v) is 7.86. The van der Waals surface area contributed by atoms with Crippen molar-refractivity contribution in [1.82, 2.24) is 24.5 Å². The Morgan fingerprint density at radius 2 is 2.18 bits per heavy atom. The van der Waals surface area contributed by atoms with E-state index in [9.17, 15) is 0 Å². The summed E-state index contributed by atoms with van der Waals surface area (Å²) in [6.07, 6.45) is 7.97. The lowest BCUT2D eigenvalue weighted by Crippen LogP contribution is -2.22. The highest BCUT2D eigenvalue weighted by atomic mass is 32.2. The summed E-state index contributed by atoms with van der Waals surface area (Å²) in [6.45, 7) is 2.14. The third-order valence-corrected chi connectivity index (χ3v) is 5.94. The van der Waals surface area contributed by atoms with Crippen molar-refractivity contribution in [2.24, 2.45) is 0 Å². The summed E-state index contributed by atoms with van der Waals surface area (Å²) in [5, 5.41) is 4.57. The Bertz CT molecular complexity index is 773. The minimum absolute atomic E-state index is 0.880. The molecule has 0 amide bonds. The molecule has 1 aliphatic rings. The van der Waals surface area contributed by atoms with Crippen molar-refractivity contribution in [3.8, 4) is 11.3 Å². The highest BCUT2D eigenvalue weighted by Gasteiger charge is 2.18. The standard InChI is InChI=1S/C14H13N5S3/c20-14(18-6-1-2-7-18)22-13-17-19-9-11(16-12(19)21-13)10-4-3-5-15-8-10/h3-5,8-9H,1-2,6-7H2. The highest BCUT2D eigenvalue weighted by Crippen LogP contribution is 2.29. The van der Waals surface area contributed by atoms with Gasteiger partial charge in [0, 0.05) is 31.0 Å². The second-order valence-electron chi connectivity index (χ2n) is 5.03. The van der Waals surface area contributed by atoms with Gasteiger partial charge in [-0.05, 0) is 36.7 Å². The summed E-state index contributed by atoms with van der Waals surface area (Å²) in [7, 11) is 0. The van der Waals surface area contributed by atoms with Crippen LogP contribution in [0.4, 0.5) is 0 Å². The first-order valence-electron chi connectivity index (χ1n) is 7.03. The second kappa shape index (κ2) is 5.94. The number of fused-ring (bicyclic) bond motifs is 1. The molecule has 0 spiro atoms. The van der Waals surface area contributed by atoms with E-state index in [0.29, 0.717) is 0 Å². The average molecular weight is 347 g/mol. The van der Waals surface area contributed by atoms with E-state index in [1.165, 1.54) is 12.8 Å². The van der Waals surface area contributed by atoms with Crippen molar-refractivity contribution in [3.05, 3.63) is 30.7 Å². The molecule has 0 atom stereocenters. The van der Waals surface area contributed by atoms with E-state index in [1.54, 1.807) is 29.3 Å². The maximum absolute atomic E-state index is 5.49. The zero-order valence-electron chi connectivity index (χ0n) is 11.7. The Labute approximate surface area is 141 Å². The van der Waals surface area contributed by atoms with Crippen LogP contribution in [-0.2, 0) is 0 Å². The van der Waals surface area contributed by atoms with Gasteiger partial charge in [0.1, 0.15) is 4.32 Å². The molecule has 112 valence electrons. The van der Waals surface area contributed by atoms with Crippen molar-refractivity contribution in [1.29, 1.82) is 0 Å². The lowest BCUT2D eigenvalue weighted by molar-refractivity contribution is 0.539. The molecule has 0 N–H and O–H groups in total. The molecule has 1 saturated heterocycles. The topological polar surface area (TPSA) is 46.3 Å². The largest absolute Gasteiger partial charge is 0.357 e. The Hall–Kier alpha value is -1.51. The Morgan fingerprint density at radius 1 is 1.32 bits per heavy atom. The molecule has 8 heteroatoms. The minimum atomic E-state index is 0.880. The Balaban J connectivity index is 1.55. The number of imidazole rings is 1. The fraction of sp³-hybridized carbons (Fsp3) is 0.286. The third kappa shape index (κ3) is 2.73. The van der Waals surface area contributed by atoms with Gasteiger partial charge in [-0.25, -0.2) is 9.50 Å². The molecule has 5 nitrogen and oxygen atoms in total. The molecular weight excluding hydrogens is 334 g/mol. The first-order chi connectivity index (χ1) is 10.8. The van der Waals surface area contributed by atoms with Crippen molar-refractivity contribution in [3.63, 3.8) is 0 Å². The molecule has 4 heterocycles. The zero-order chi connectivity index (χ0) is 14.9. The Kier molecular flexibility index (Phi) is 3.81. The molecule has 0 saturated carbocycles. The number of hydrogen-bond donors (Lipinski definition) is 0. The number of nitrogens with zero attached hydrogens (tertiary/aromatic N) is 5. The van der Waals surface area contributed by atoms with Crippen molar-refractivity contribution < 1.29 is 0 Å². The van der Waals surface area contributed by atoms with Crippen LogP contribution in [0.5, 0.6) is 0 Å². The van der Waals surface area contributed by atoms with Crippen LogP contribution in [0.2, 0.25) is 0 Å². The van der Waals surface area contributed by atoms with Crippen LogP contribution in [0, 0.1) is 0 Å². The Morgan fingerprint density at radius 3 is 2.91 bits per heavy atom. The van der Waals surface area contributed by atoms with Gasteiger partial charge in [0.25, 0.3) is 0 Å². The van der Waals surface area contributed by atoms with Gasteiger partial charge < -0.3 is 4.90 Å². The monoisotopic (exact) mass is 347 g/mol. The van der Waals surface area contributed by atoms with Crippen LogP contribution in [0.1, 0.15) is 12.8 Å². The highest BCUT2D eigenvalue weighted by molar-refractivity contribution is 8.23. The van der Waals surface area contributed by atoms with E-state index >= 15 is 0 Å². The van der Waals surface area contributed by atoms with Crippen LogP contribution in [0.3, 0.4) is 0 Å². The van der Waals surface area contributed by atoms with Gasteiger partial charge in [-0.15, -0.1) is 5.10 Å². The van der Waals surface area contributed by atoms with Crippen molar-refractivity contribution >= 4 is 44.6 Å². The summed E-state index contributed by atoms with van der Waals surface area (Å²) >= 11 is 8.63. The molecule has 4 rings (SSSR count). The minimum Gasteiger partial charge on any atom is -0.357 e. The quantitative estimate of drug-likeness (QED) is 0.523. The molecule has 3 aromatic rings. The van der Waals surface area contributed by atoms with Crippen LogP contribution >= 0.6 is 35.3 Å². The maximum atomic E-state index is 5.49. The first kappa shape index (κ1) is 14.1. The predicted octanol–water partition coefficient (Wildman–Crippen LogP) is 3.33. The zero-order valence-corrected chi connectivity index (χ0v) is 14.1. The number of likely N-dealkylation sites (tertiary alicyclic amines) is 1. The van der Waals surface area contributed by atoms with Gasteiger partial charge in [0.15, 0.2) is 4.34 Å². The van der Waals surface area contributed by atoms with Gasteiger partial charge >= 0.3 is 0 Å². The molecule has 0 aromatic carbocycles. The predicted molar refractivity (Wildman–Crippen MR) is 93.4 cm³/mol. The van der Waals surface area contributed by atoms with Crippen molar-refractivity contribution in [2.75, 3.05) is 13.1 Å². The molecule has 3 aromatic heterocycles. The van der Waals surface area contributed by atoms with Gasteiger partial charge in [0.05, 0.1) is 11.9 Å². The molecule has 0 bridgehead atoms. The summed E-state index contributed by atoms with van der Waals surface area (Å²) < 4.78 is 3.68. The molecular formula is C14H13N5S3. The smallest absolute Gasteiger partial charge is 0.213 e. The molecule has 1 aliphatic heterocycles. The molecule has 22 heavy (non-hydrogen) atoms. The van der Waals surface area contributed by atoms with Gasteiger partial charge in [-0.3, -0.25) is 4.98 Å². The van der Waals surface area contributed by atoms with Gasteiger partial charge in [-0.2, -0.15) is 0 Å². The van der Waals surface area contributed by atoms with E-state index in [0.717, 1.165) is 38.0 Å². The molecule has 0 unspecified atom stereocenters. The number of thioether (sulfide) groups is 1. The number of thiocarbonyl (C=S) groups is 1. The van der Waals surface area contributed by atoms with Gasteiger partial charge in [-0.1, -0.05) is 23.6 Å². The molecule has 1 fully saturated rings. The fourth-order valence-electron chi connectivity index (χ4n) is 2.42. The lowest BCUT2D eigenvalue weighted by Gasteiger charge is -2.15. The molecule has 0 radical (unpaired) electrons. The van der Waals surface area contributed by atoms with E-state index in [-0.39, 0.29) is 0 Å². The number of aromatic nitrogens is 4. The van der Waals surface area contributed by atoms with Crippen LogP contribution in [0.15, 0.2) is 35.1 Å². The fourth-order valence-corrected chi connectivity index (χ4v) is 4.83. The van der Waals surface area contributed by atoms with Crippen LogP contribution in [0.25, 0.3) is 16.2 Å². The summed E-state index contributed by atoms with van der Waals surface area (Å²) in [5.74, 6) is 0. The SMILES string of the molecule is S=C(Sc1nn2cc(-c3cccnc3)nc2s1)N1CCCC1. The normalized spacial score (nSPS) is 14.8. The van der Waals surface area contributed by atoms with E-state index in [4.69, 9.17) is 12.2 Å². The third-order valence-electron chi connectivity index (χ3n) is 3.52. The summed E-state index contributed by atoms with van der Waals surface area (Å²) in [4.78, 5) is 11.9. The first-order valence-corrected chi connectivity index (χ1v) is 9.07. The number of rotatable bonds is 2. The lowest BCUT2D eigenvalue weighted by atomic mass is 10.2. The number of pyridine rings is 1. The summed E-state index contributed by atoms with van der Waals surface area (Å²) in [5.41, 5.74) is 1.90. The summed E-state index contributed by atoms with van der Waals surface area (Å²) in [6, 6.07) is 3.91. The number of hydrogen-bond acceptors (Lipinski definition) is 6. The molecule has 0 aliphatic carbocycles. The van der Waals surface area contributed by atoms with E-state index in [1.807, 2.05) is 29.0 Å². The van der Waals surface area contributed by atoms with Crippen LogP contribution in [-0.4, -0.2) is 41.9 Å². The average Bonchev–Trinajstić information content (AvgIpc) is 3.23. The van der Waals surface area contributed by atoms with Crippen molar-refractivity contribution in [2.45, 2.75) is 17.2 Å². The maximum Gasteiger partial charge on any atom is 0.213 e. The van der Waals surface area contributed by atoms with Gasteiger partial charge in [0.2, 0.25) is 4.96 Å². The van der Waals surface area contributed by atoms with Crippen LogP contribution < -0.4 is 0 Å². The van der Waals surface area contributed by atoms with E-state index < -0.39 is 0 Å².